The van der Waals surface area contributed by atoms with Crippen LogP contribution in [0.15, 0.2) is 47.8 Å². The minimum Gasteiger partial charge on any atom is -0.482 e. The lowest BCUT2D eigenvalue weighted by atomic mass is 10.1. The van der Waals surface area contributed by atoms with Gasteiger partial charge in [0, 0.05) is 27.7 Å². The van der Waals surface area contributed by atoms with Gasteiger partial charge in [-0.2, -0.15) is 0 Å². The van der Waals surface area contributed by atoms with Crippen molar-refractivity contribution in [1.82, 2.24) is 9.59 Å². The lowest BCUT2D eigenvalue weighted by Gasteiger charge is -2.09. The first-order valence-electron chi connectivity index (χ1n) is 6.87. The Hall–Kier alpha value is -2.15. The summed E-state index contributed by atoms with van der Waals surface area (Å²) in [7, 11) is 0. The highest BCUT2D eigenvalue weighted by Crippen LogP contribution is 2.27. The fourth-order valence-electron chi connectivity index (χ4n) is 1.94. The van der Waals surface area contributed by atoms with Crippen LogP contribution >= 0.6 is 34.7 Å². The standard InChI is InChI=1S/C16H11Cl2N3O2S/c17-11-3-6-13(18)15(7-11)23-8-16(22)19-12-4-1-10(2-5-12)14-9-24-21-20-14/h1-7,9H,8H2,(H,19,22). The molecule has 0 spiro atoms. The van der Waals surface area contributed by atoms with Crippen LogP contribution in [0.2, 0.25) is 10.0 Å². The van der Waals surface area contributed by atoms with Gasteiger partial charge in [-0.05, 0) is 35.8 Å². The van der Waals surface area contributed by atoms with Crippen molar-refractivity contribution in [3.63, 3.8) is 0 Å². The minimum absolute atomic E-state index is 0.169. The highest BCUT2D eigenvalue weighted by atomic mass is 35.5. The van der Waals surface area contributed by atoms with Crippen LogP contribution in [0, 0.1) is 0 Å². The summed E-state index contributed by atoms with van der Waals surface area (Å²) in [5.74, 6) is 0.0693. The maximum atomic E-state index is 12.0. The molecular formula is C16H11Cl2N3O2S. The van der Waals surface area contributed by atoms with Crippen molar-refractivity contribution in [1.29, 1.82) is 0 Å². The zero-order chi connectivity index (χ0) is 16.9. The third kappa shape index (κ3) is 4.23. The number of aromatic nitrogens is 2. The molecule has 1 N–H and O–H groups in total. The number of carbonyl (C=O) groups excluding carboxylic acids is 1. The second kappa shape index (κ2) is 7.61. The van der Waals surface area contributed by atoms with Gasteiger partial charge in [0.1, 0.15) is 11.4 Å². The average Bonchev–Trinajstić information content (AvgIpc) is 3.11. The molecule has 5 nitrogen and oxygen atoms in total. The predicted octanol–water partition coefficient (Wildman–Crippen LogP) is 4.53. The Morgan fingerprint density at radius 2 is 1.96 bits per heavy atom. The van der Waals surface area contributed by atoms with E-state index in [9.17, 15) is 4.79 Å². The summed E-state index contributed by atoms with van der Waals surface area (Å²) in [5, 5.41) is 9.48. The summed E-state index contributed by atoms with van der Waals surface area (Å²) in [6.45, 7) is -0.169. The van der Waals surface area contributed by atoms with E-state index in [4.69, 9.17) is 27.9 Å². The van der Waals surface area contributed by atoms with Gasteiger partial charge in [0.25, 0.3) is 5.91 Å². The lowest BCUT2D eigenvalue weighted by molar-refractivity contribution is -0.118. The molecule has 0 aliphatic rings. The number of hydrogen-bond acceptors (Lipinski definition) is 5. The number of benzene rings is 2. The first kappa shape index (κ1) is 16.7. The normalized spacial score (nSPS) is 10.4. The molecule has 0 unspecified atom stereocenters. The maximum Gasteiger partial charge on any atom is 0.262 e. The van der Waals surface area contributed by atoms with E-state index in [0.29, 0.717) is 21.5 Å². The molecule has 3 aromatic rings. The van der Waals surface area contributed by atoms with Crippen molar-refractivity contribution in [2.24, 2.45) is 0 Å². The van der Waals surface area contributed by atoms with Crippen LogP contribution in [-0.2, 0) is 4.79 Å². The SMILES string of the molecule is O=C(COc1cc(Cl)ccc1Cl)Nc1ccc(-c2csnn2)cc1. The Balaban J connectivity index is 1.58. The molecule has 0 bridgehead atoms. The third-order valence-corrected chi connectivity index (χ3v) is 4.13. The molecule has 0 atom stereocenters. The first-order chi connectivity index (χ1) is 11.6. The summed E-state index contributed by atoms with van der Waals surface area (Å²) in [5.41, 5.74) is 2.40. The van der Waals surface area contributed by atoms with E-state index in [1.54, 1.807) is 30.3 Å². The van der Waals surface area contributed by atoms with Gasteiger partial charge in [0.05, 0.1) is 5.02 Å². The Labute approximate surface area is 152 Å². The van der Waals surface area contributed by atoms with E-state index in [1.165, 1.54) is 11.5 Å². The number of hydrogen-bond donors (Lipinski definition) is 1. The Morgan fingerprint density at radius 3 is 2.67 bits per heavy atom. The lowest BCUT2D eigenvalue weighted by Crippen LogP contribution is -2.20. The summed E-state index contributed by atoms with van der Waals surface area (Å²) in [6.07, 6.45) is 0. The molecule has 24 heavy (non-hydrogen) atoms. The number of nitrogens with one attached hydrogen (secondary N) is 1. The number of ether oxygens (including phenoxy) is 1. The zero-order valence-electron chi connectivity index (χ0n) is 12.2. The van der Waals surface area contributed by atoms with E-state index in [-0.39, 0.29) is 12.5 Å². The van der Waals surface area contributed by atoms with E-state index in [0.717, 1.165) is 11.3 Å². The summed E-state index contributed by atoms with van der Waals surface area (Å²) >= 11 is 13.1. The molecule has 0 aliphatic carbocycles. The van der Waals surface area contributed by atoms with Crippen LogP contribution in [-0.4, -0.2) is 22.1 Å². The van der Waals surface area contributed by atoms with E-state index < -0.39 is 0 Å². The number of amides is 1. The topological polar surface area (TPSA) is 64.1 Å². The van der Waals surface area contributed by atoms with Crippen LogP contribution in [0.25, 0.3) is 11.3 Å². The smallest absolute Gasteiger partial charge is 0.262 e. The van der Waals surface area contributed by atoms with Crippen molar-refractivity contribution in [2.75, 3.05) is 11.9 Å². The zero-order valence-corrected chi connectivity index (χ0v) is 14.5. The Morgan fingerprint density at radius 1 is 1.17 bits per heavy atom. The molecule has 122 valence electrons. The number of halogens is 2. The van der Waals surface area contributed by atoms with Crippen LogP contribution in [0.4, 0.5) is 5.69 Å². The van der Waals surface area contributed by atoms with Gasteiger partial charge < -0.3 is 10.1 Å². The van der Waals surface area contributed by atoms with Crippen molar-refractivity contribution < 1.29 is 9.53 Å². The highest BCUT2D eigenvalue weighted by molar-refractivity contribution is 7.03. The largest absolute Gasteiger partial charge is 0.482 e. The van der Waals surface area contributed by atoms with Gasteiger partial charge in [-0.1, -0.05) is 39.8 Å². The first-order valence-corrected chi connectivity index (χ1v) is 8.46. The maximum absolute atomic E-state index is 12.0. The van der Waals surface area contributed by atoms with Crippen molar-refractivity contribution >= 4 is 46.3 Å². The highest BCUT2D eigenvalue weighted by Gasteiger charge is 2.08. The number of anilines is 1. The van der Waals surface area contributed by atoms with Gasteiger partial charge in [0.15, 0.2) is 6.61 Å². The summed E-state index contributed by atoms with van der Waals surface area (Å²) in [4.78, 5) is 12.0. The fourth-order valence-corrected chi connectivity index (χ4v) is 2.74. The van der Waals surface area contributed by atoms with Gasteiger partial charge >= 0.3 is 0 Å². The molecule has 0 saturated heterocycles. The molecule has 0 aliphatic heterocycles. The average molecular weight is 380 g/mol. The number of nitrogens with zero attached hydrogens (tertiary/aromatic N) is 2. The number of carbonyl (C=O) groups is 1. The second-order valence-electron chi connectivity index (χ2n) is 4.78. The third-order valence-electron chi connectivity index (χ3n) is 3.08. The molecule has 0 fully saturated rings. The molecule has 0 saturated carbocycles. The van der Waals surface area contributed by atoms with Gasteiger partial charge in [-0.3, -0.25) is 4.79 Å². The van der Waals surface area contributed by atoms with E-state index >= 15 is 0 Å². The summed E-state index contributed by atoms with van der Waals surface area (Å²) < 4.78 is 9.21. The molecule has 1 aromatic heterocycles. The molecule has 3 rings (SSSR count). The van der Waals surface area contributed by atoms with Crippen molar-refractivity contribution in [2.45, 2.75) is 0 Å². The molecule has 2 aromatic carbocycles. The molecule has 8 heteroatoms. The Bertz CT molecular complexity index is 839. The minimum atomic E-state index is -0.297. The molecule has 0 radical (unpaired) electrons. The van der Waals surface area contributed by atoms with E-state index in [1.807, 2.05) is 17.5 Å². The van der Waals surface area contributed by atoms with Crippen LogP contribution < -0.4 is 10.1 Å². The van der Waals surface area contributed by atoms with E-state index in [2.05, 4.69) is 14.9 Å². The Kier molecular flexibility index (Phi) is 5.30. The van der Waals surface area contributed by atoms with Crippen LogP contribution in [0.3, 0.4) is 0 Å². The molecular weight excluding hydrogens is 369 g/mol. The fraction of sp³-hybridized carbons (Fsp3) is 0.0625. The summed E-state index contributed by atoms with van der Waals surface area (Å²) in [6, 6.07) is 12.1. The molecule has 1 heterocycles. The monoisotopic (exact) mass is 379 g/mol. The predicted molar refractivity (Wildman–Crippen MR) is 95.9 cm³/mol. The van der Waals surface area contributed by atoms with Gasteiger partial charge in [0.2, 0.25) is 0 Å². The van der Waals surface area contributed by atoms with Crippen LogP contribution in [0.1, 0.15) is 0 Å². The van der Waals surface area contributed by atoms with Crippen molar-refractivity contribution in [3.05, 3.63) is 57.9 Å². The van der Waals surface area contributed by atoms with Crippen molar-refractivity contribution in [3.8, 4) is 17.0 Å². The number of rotatable bonds is 5. The van der Waals surface area contributed by atoms with Gasteiger partial charge in [-0.15, -0.1) is 5.10 Å². The quantitative estimate of drug-likeness (QED) is 0.707. The molecule has 1 amide bonds. The van der Waals surface area contributed by atoms with Crippen LogP contribution in [0.5, 0.6) is 5.75 Å². The second-order valence-corrected chi connectivity index (χ2v) is 6.23. The van der Waals surface area contributed by atoms with Gasteiger partial charge in [-0.25, -0.2) is 0 Å².